The van der Waals surface area contributed by atoms with Gasteiger partial charge in [-0.3, -0.25) is 0 Å². The minimum absolute atomic E-state index is 0.603. The first kappa shape index (κ1) is 11.2. The molecular weight excluding hydrogens is 186 g/mol. The van der Waals surface area contributed by atoms with E-state index in [1.165, 1.54) is 0 Å². The number of nitrogens with zero attached hydrogens (tertiary/aromatic N) is 2. The van der Waals surface area contributed by atoms with Crippen LogP contribution in [0.5, 0.6) is 0 Å². The quantitative estimate of drug-likeness (QED) is 0.761. The van der Waals surface area contributed by atoms with Crippen molar-refractivity contribution in [1.29, 1.82) is 0 Å². The van der Waals surface area contributed by atoms with Crippen LogP contribution in [0.2, 0.25) is 0 Å². The fraction of sp³-hybridized carbons (Fsp3) is 0.167. The van der Waals surface area contributed by atoms with E-state index in [0.29, 0.717) is 5.95 Å². The van der Waals surface area contributed by atoms with Gasteiger partial charge in [-0.05, 0) is 32.1 Å². The summed E-state index contributed by atoms with van der Waals surface area (Å²) >= 11 is 0. The van der Waals surface area contributed by atoms with Crippen molar-refractivity contribution >= 4 is 5.95 Å². The van der Waals surface area contributed by atoms with Crippen LogP contribution in [0, 0.1) is 0 Å². The summed E-state index contributed by atoms with van der Waals surface area (Å²) in [7, 11) is 0. The van der Waals surface area contributed by atoms with E-state index in [0.717, 1.165) is 5.70 Å². The first-order valence-corrected chi connectivity index (χ1v) is 4.86. The van der Waals surface area contributed by atoms with Crippen molar-refractivity contribution in [1.82, 2.24) is 9.97 Å². The zero-order chi connectivity index (χ0) is 10.9. The molecule has 0 aliphatic carbocycles. The van der Waals surface area contributed by atoms with Gasteiger partial charge >= 0.3 is 0 Å². The van der Waals surface area contributed by atoms with Crippen LogP contribution in [0.4, 0.5) is 5.95 Å². The average molecular weight is 201 g/mol. The molecule has 0 fully saturated rings. The number of hydrogen-bond acceptors (Lipinski definition) is 3. The number of rotatable bonds is 4. The first-order chi connectivity index (χ1) is 7.36. The predicted molar refractivity (Wildman–Crippen MR) is 63.4 cm³/mol. The lowest BCUT2D eigenvalue weighted by Crippen LogP contribution is -2.00. The molecule has 3 nitrogen and oxygen atoms in total. The molecule has 0 amide bonds. The minimum atomic E-state index is 0.603. The van der Waals surface area contributed by atoms with E-state index in [1.54, 1.807) is 18.5 Å². The summed E-state index contributed by atoms with van der Waals surface area (Å²) in [6.07, 6.45) is 13.2. The van der Waals surface area contributed by atoms with Gasteiger partial charge in [0, 0.05) is 18.1 Å². The second-order valence-electron chi connectivity index (χ2n) is 2.85. The molecule has 0 aliphatic rings. The molecule has 1 aromatic rings. The van der Waals surface area contributed by atoms with Crippen LogP contribution in [-0.4, -0.2) is 9.97 Å². The van der Waals surface area contributed by atoms with Crippen molar-refractivity contribution in [3.63, 3.8) is 0 Å². The fourth-order valence-electron chi connectivity index (χ4n) is 1.01. The van der Waals surface area contributed by atoms with Gasteiger partial charge in [0.1, 0.15) is 0 Å². The van der Waals surface area contributed by atoms with Gasteiger partial charge in [-0.25, -0.2) is 9.97 Å². The molecule has 1 aromatic heterocycles. The van der Waals surface area contributed by atoms with E-state index in [1.807, 2.05) is 44.2 Å². The van der Waals surface area contributed by atoms with Crippen molar-refractivity contribution in [2.75, 3.05) is 5.32 Å². The van der Waals surface area contributed by atoms with Crippen molar-refractivity contribution in [3.8, 4) is 0 Å². The van der Waals surface area contributed by atoms with Crippen molar-refractivity contribution in [3.05, 3.63) is 54.5 Å². The zero-order valence-corrected chi connectivity index (χ0v) is 9.01. The molecule has 0 aromatic carbocycles. The summed E-state index contributed by atoms with van der Waals surface area (Å²) in [5.74, 6) is 0.603. The Labute approximate surface area is 90.3 Å². The molecule has 15 heavy (non-hydrogen) atoms. The second-order valence-corrected chi connectivity index (χ2v) is 2.85. The van der Waals surface area contributed by atoms with Crippen molar-refractivity contribution < 1.29 is 0 Å². The lowest BCUT2D eigenvalue weighted by atomic mass is 10.3. The first-order valence-electron chi connectivity index (χ1n) is 4.86. The highest BCUT2D eigenvalue weighted by molar-refractivity contribution is 5.40. The smallest absolute Gasteiger partial charge is 0.227 e. The Hall–Kier alpha value is -1.90. The van der Waals surface area contributed by atoms with Gasteiger partial charge in [0.2, 0.25) is 5.95 Å². The Morgan fingerprint density at radius 2 is 1.93 bits per heavy atom. The van der Waals surface area contributed by atoms with E-state index in [-0.39, 0.29) is 0 Å². The molecule has 0 unspecified atom stereocenters. The molecule has 1 heterocycles. The molecule has 1 N–H and O–H groups in total. The van der Waals surface area contributed by atoms with Crippen molar-refractivity contribution in [2.24, 2.45) is 0 Å². The van der Waals surface area contributed by atoms with E-state index >= 15 is 0 Å². The fourth-order valence-corrected chi connectivity index (χ4v) is 1.01. The van der Waals surface area contributed by atoms with E-state index < -0.39 is 0 Å². The molecule has 3 heteroatoms. The van der Waals surface area contributed by atoms with E-state index in [9.17, 15) is 0 Å². The molecule has 0 spiro atoms. The monoisotopic (exact) mass is 201 g/mol. The number of allylic oxidation sites excluding steroid dienone is 5. The molecule has 78 valence electrons. The molecule has 0 saturated carbocycles. The minimum Gasteiger partial charge on any atom is -0.324 e. The second kappa shape index (κ2) is 6.54. The normalized spacial score (nSPS) is 12.5. The molecular formula is C12H15N3. The summed E-state index contributed by atoms with van der Waals surface area (Å²) < 4.78 is 0. The van der Waals surface area contributed by atoms with Gasteiger partial charge in [0.25, 0.3) is 0 Å². The Morgan fingerprint density at radius 3 is 2.53 bits per heavy atom. The summed E-state index contributed by atoms with van der Waals surface area (Å²) in [4.78, 5) is 8.18. The largest absolute Gasteiger partial charge is 0.324 e. The van der Waals surface area contributed by atoms with Crippen LogP contribution in [-0.2, 0) is 0 Å². The van der Waals surface area contributed by atoms with Gasteiger partial charge in [-0.1, -0.05) is 18.2 Å². The summed E-state index contributed by atoms with van der Waals surface area (Å²) in [5.41, 5.74) is 0.960. The summed E-state index contributed by atoms with van der Waals surface area (Å²) in [5, 5.41) is 3.12. The topological polar surface area (TPSA) is 37.8 Å². The number of aromatic nitrogens is 2. The van der Waals surface area contributed by atoms with E-state index in [4.69, 9.17) is 0 Å². The maximum atomic E-state index is 4.09. The van der Waals surface area contributed by atoms with Gasteiger partial charge in [-0.2, -0.15) is 0 Å². The van der Waals surface area contributed by atoms with Gasteiger partial charge < -0.3 is 5.32 Å². The van der Waals surface area contributed by atoms with Crippen LogP contribution >= 0.6 is 0 Å². The van der Waals surface area contributed by atoms with Gasteiger partial charge in [0.05, 0.1) is 0 Å². The lowest BCUT2D eigenvalue weighted by molar-refractivity contribution is 1.15. The molecule has 0 aliphatic heterocycles. The van der Waals surface area contributed by atoms with Crippen LogP contribution in [0.1, 0.15) is 13.8 Å². The van der Waals surface area contributed by atoms with Crippen LogP contribution in [0.15, 0.2) is 54.5 Å². The third-order valence-corrected chi connectivity index (χ3v) is 1.64. The van der Waals surface area contributed by atoms with Crippen molar-refractivity contribution in [2.45, 2.75) is 13.8 Å². The maximum absolute atomic E-state index is 4.09. The molecule has 0 radical (unpaired) electrons. The van der Waals surface area contributed by atoms with Crippen LogP contribution in [0.25, 0.3) is 0 Å². The lowest BCUT2D eigenvalue weighted by Gasteiger charge is -2.03. The Kier molecular flexibility index (Phi) is 4.87. The van der Waals surface area contributed by atoms with Crippen LogP contribution < -0.4 is 5.32 Å². The van der Waals surface area contributed by atoms with Crippen LogP contribution in [0.3, 0.4) is 0 Å². The predicted octanol–water partition coefficient (Wildman–Crippen LogP) is 2.92. The average Bonchev–Trinajstić information content (AvgIpc) is 2.28. The highest BCUT2D eigenvalue weighted by Gasteiger charge is 1.94. The number of anilines is 1. The highest BCUT2D eigenvalue weighted by Crippen LogP contribution is 2.03. The Bertz CT molecular complexity index is 364. The SMILES string of the molecule is C\C=C/C=C(\C=C/C)Nc1ncccn1. The third kappa shape index (κ3) is 4.22. The van der Waals surface area contributed by atoms with E-state index in [2.05, 4.69) is 15.3 Å². The molecule has 0 saturated heterocycles. The third-order valence-electron chi connectivity index (χ3n) is 1.64. The summed E-state index contributed by atoms with van der Waals surface area (Å²) in [6, 6.07) is 1.79. The highest BCUT2D eigenvalue weighted by atomic mass is 15.1. The Morgan fingerprint density at radius 1 is 1.20 bits per heavy atom. The molecule has 1 rings (SSSR count). The maximum Gasteiger partial charge on any atom is 0.227 e. The van der Waals surface area contributed by atoms with Gasteiger partial charge in [0.15, 0.2) is 0 Å². The zero-order valence-electron chi connectivity index (χ0n) is 9.01. The number of hydrogen-bond donors (Lipinski definition) is 1. The summed E-state index contributed by atoms with van der Waals surface area (Å²) in [6.45, 7) is 3.94. The standard InChI is InChI=1S/C12H15N3/c1-3-5-8-11(7-4-2)15-12-13-9-6-10-14-12/h3-10H,1-2H3,(H,13,14,15)/b5-3-,7-4-,11-8+. The van der Waals surface area contributed by atoms with Gasteiger partial charge in [-0.15, -0.1) is 0 Å². The molecule has 0 bridgehead atoms. The molecule has 0 atom stereocenters. The number of nitrogens with one attached hydrogen (secondary N) is 1. The Balaban J connectivity index is 2.76.